The molecule has 0 saturated carbocycles. The molecule has 0 unspecified atom stereocenters. The highest BCUT2D eigenvalue weighted by Crippen LogP contribution is 2.20. The van der Waals surface area contributed by atoms with E-state index in [9.17, 15) is 9.90 Å². The molecule has 1 aromatic heterocycles. The fraction of sp³-hybridized carbons (Fsp3) is 0.333. The Morgan fingerprint density at radius 3 is 2.95 bits per heavy atom. The van der Waals surface area contributed by atoms with Crippen molar-refractivity contribution in [1.82, 2.24) is 14.9 Å². The zero-order valence-corrected chi connectivity index (χ0v) is 13.8. The molecule has 2 rings (SSSR count). The van der Waals surface area contributed by atoms with Crippen molar-refractivity contribution in [3.8, 4) is 0 Å². The quantitative estimate of drug-likeness (QED) is 0.811. The molecule has 2 aromatic rings. The largest absolute Gasteiger partial charge is 0.383 e. The predicted molar refractivity (Wildman–Crippen MR) is 88.8 cm³/mol. The lowest BCUT2D eigenvalue weighted by Gasteiger charge is -2.11. The predicted octanol–water partition coefficient (Wildman–Crippen LogP) is 2.16. The van der Waals surface area contributed by atoms with Crippen molar-refractivity contribution >= 4 is 29.3 Å². The zero-order valence-electron chi connectivity index (χ0n) is 12.2. The Kier molecular flexibility index (Phi) is 6.30. The Labute approximate surface area is 138 Å². The van der Waals surface area contributed by atoms with Gasteiger partial charge in [0, 0.05) is 30.2 Å². The van der Waals surface area contributed by atoms with Crippen molar-refractivity contribution in [2.75, 3.05) is 12.3 Å². The number of aliphatic hydroxyl groups excluding tert-OH is 1. The van der Waals surface area contributed by atoms with Gasteiger partial charge in [0.25, 0.3) is 0 Å². The molecule has 5 nitrogen and oxygen atoms in total. The Morgan fingerprint density at radius 2 is 2.27 bits per heavy atom. The molecule has 0 spiro atoms. The molecule has 7 heteroatoms. The van der Waals surface area contributed by atoms with Crippen LogP contribution in [0.1, 0.15) is 17.5 Å². The van der Waals surface area contributed by atoms with E-state index in [4.69, 9.17) is 11.6 Å². The normalized spacial score (nSPS) is 12.1. The molecule has 0 aliphatic rings. The van der Waals surface area contributed by atoms with Gasteiger partial charge in [-0.15, -0.1) is 11.8 Å². The van der Waals surface area contributed by atoms with Gasteiger partial charge >= 0.3 is 0 Å². The summed E-state index contributed by atoms with van der Waals surface area (Å²) in [5.74, 6) is 1.40. The van der Waals surface area contributed by atoms with Gasteiger partial charge in [-0.25, -0.2) is 4.98 Å². The molecule has 0 aliphatic carbocycles. The van der Waals surface area contributed by atoms with E-state index in [0.717, 1.165) is 5.56 Å². The maximum atomic E-state index is 11.8. The Bertz CT molecular complexity index is 633. The highest BCUT2D eigenvalue weighted by molar-refractivity contribution is 7.99. The van der Waals surface area contributed by atoms with Crippen molar-refractivity contribution in [1.29, 1.82) is 0 Å². The third-order valence-electron chi connectivity index (χ3n) is 3.10. The van der Waals surface area contributed by atoms with E-state index in [1.165, 1.54) is 11.8 Å². The van der Waals surface area contributed by atoms with Gasteiger partial charge in [0.1, 0.15) is 11.9 Å². The number of aliphatic hydroxyl groups is 1. The zero-order chi connectivity index (χ0) is 15.9. The number of rotatable bonds is 7. The minimum Gasteiger partial charge on any atom is -0.383 e. The standard InChI is InChI=1S/C15H18ClN3O2S/c1-19-7-6-17-15(19)13(20)8-18-14(21)10-22-9-11-4-2-3-5-12(11)16/h2-7,13,20H,8-10H2,1H3,(H,18,21)/t13-/m0/s1. The number of thioether (sulfide) groups is 1. The molecule has 0 fully saturated rings. The number of nitrogens with one attached hydrogen (secondary N) is 1. The van der Waals surface area contributed by atoms with E-state index in [1.807, 2.05) is 24.3 Å². The molecule has 0 bridgehead atoms. The van der Waals surface area contributed by atoms with Crippen LogP contribution in [0.4, 0.5) is 0 Å². The molecule has 22 heavy (non-hydrogen) atoms. The molecule has 1 heterocycles. The van der Waals surface area contributed by atoms with Crippen molar-refractivity contribution in [3.05, 3.63) is 53.1 Å². The second kappa shape index (κ2) is 8.22. The van der Waals surface area contributed by atoms with E-state index >= 15 is 0 Å². The number of aromatic nitrogens is 2. The summed E-state index contributed by atoms with van der Waals surface area (Å²) >= 11 is 7.54. The summed E-state index contributed by atoms with van der Waals surface area (Å²) in [5.41, 5.74) is 1.01. The number of amides is 1. The third kappa shape index (κ3) is 4.76. The molecule has 2 N–H and O–H groups in total. The summed E-state index contributed by atoms with van der Waals surface area (Å²) in [6, 6.07) is 7.58. The molecular weight excluding hydrogens is 322 g/mol. The molecular formula is C15H18ClN3O2S. The minimum atomic E-state index is -0.808. The molecule has 118 valence electrons. The summed E-state index contributed by atoms with van der Waals surface area (Å²) in [6.45, 7) is 0.149. The van der Waals surface area contributed by atoms with Gasteiger partial charge in [-0.05, 0) is 11.6 Å². The number of hydrogen-bond acceptors (Lipinski definition) is 4. The maximum Gasteiger partial charge on any atom is 0.230 e. The van der Waals surface area contributed by atoms with E-state index in [2.05, 4.69) is 10.3 Å². The van der Waals surface area contributed by atoms with E-state index in [0.29, 0.717) is 22.4 Å². The van der Waals surface area contributed by atoms with Crippen LogP contribution in [0.5, 0.6) is 0 Å². The maximum absolute atomic E-state index is 11.8. The topological polar surface area (TPSA) is 67.2 Å². The number of carbonyl (C=O) groups is 1. The van der Waals surface area contributed by atoms with Crippen LogP contribution < -0.4 is 5.32 Å². The van der Waals surface area contributed by atoms with Gasteiger partial charge in [0.15, 0.2) is 0 Å². The lowest BCUT2D eigenvalue weighted by Crippen LogP contribution is -2.30. The van der Waals surface area contributed by atoms with Gasteiger partial charge in [0.05, 0.1) is 12.3 Å². The van der Waals surface area contributed by atoms with Crippen LogP contribution in [0.3, 0.4) is 0 Å². The first-order chi connectivity index (χ1) is 10.6. The van der Waals surface area contributed by atoms with E-state index < -0.39 is 6.10 Å². The molecule has 1 amide bonds. The minimum absolute atomic E-state index is 0.120. The second-order valence-electron chi connectivity index (χ2n) is 4.80. The third-order valence-corrected chi connectivity index (χ3v) is 4.45. The number of imidazole rings is 1. The smallest absolute Gasteiger partial charge is 0.230 e. The van der Waals surface area contributed by atoms with Gasteiger partial charge < -0.3 is 15.0 Å². The number of halogens is 1. The summed E-state index contributed by atoms with van der Waals surface area (Å²) in [7, 11) is 1.80. The molecule has 0 aliphatic heterocycles. The summed E-state index contributed by atoms with van der Waals surface area (Å²) < 4.78 is 1.73. The lowest BCUT2D eigenvalue weighted by molar-refractivity contribution is -0.119. The van der Waals surface area contributed by atoms with Crippen LogP contribution in [0.15, 0.2) is 36.7 Å². The molecule has 0 saturated heterocycles. The van der Waals surface area contributed by atoms with Gasteiger partial charge in [-0.3, -0.25) is 4.79 Å². The first-order valence-electron chi connectivity index (χ1n) is 6.81. The first kappa shape index (κ1) is 16.9. The number of carbonyl (C=O) groups excluding carboxylic acids is 1. The Hall–Kier alpha value is -1.50. The first-order valence-corrected chi connectivity index (χ1v) is 8.34. The highest BCUT2D eigenvalue weighted by atomic mass is 35.5. The van der Waals surface area contributed by atoms with Crippen LogP contribution in [-0.4, -0.2) is 32.9 Å². The monoisotopic (exact) mass is 339 g/mol. The van der Waals surface area contributed by atoms with Crippen LogP contribution in [-0.2, 0) is 17.6 Å². The van der Waals surface area contributed by atoms with Crippen molar-refractivity contribution < 1.29 is 9.90 Å². The number of benzene rings is 1. The fourth-order valence-corrected chi connectivity index (χ4v) is 3.06. The van der Waals surface area contributed by atoms with Crippen molar-refractivity contribution in [2.24, 2.45) is 7.05 Å². The van der Waals surface area contributed by atoms with Gasteiger partial charge in [-0.2, -0.15) is 0 Å². The number of aryl methyl sites for hydroxylation is 1. The molecule has 0 radical (unpaired) electrons. The summed E-state index contributed by atoms with van der Waals surface area (Å²) in [6.07, 6.45) is 2.55. The van der Waals surface area contributed by atoms with Gasteiger partial charge in [-0.1, -0.05) is 29.8 Å². The van der Waals surface area contributed by atoms with Crippen molar-refractivity contribution in [3.63, 3.8) is 0 Å². The summed E-state index contributed by atoms with van der Waals surface area (Å²) in [5, 5.41) is 13.4. The van der Waals surface area contributed by atoms with E-state index in [-0.39, 0.29) is 12.5 Å². The number of nitrogens with zero attached hydrogens (tertiary/aromatic N) is 2. The Balaban J connectivity index is 1.70. The highest BCUT2D eigenvalue weighted by Gasteiger charge is 2.13. The second-order valence-corrected chi connectivity index (χ2v) is 6.19. The van der Waals surface area contributed by atoms with Crippen LogP contribution in [0.25, 0.3) is 0 Å². The average molecular weight is 340 g/mol. The molecule has 1 aromatic carbocycles. The van der Waals surface area contributed by atoms with Crippen molar-refractivity contribution in [2.45, 2.75) is 11.9 Å². The average Bonchev–Trinajstić information content (AvgIpc) is 2.93. The lowest BCUT2D eigenvalue weighted by atomic mass is 10.2. The molecule has 1 atom stereocenters. The van der Waals surface area contributed by atoms with Crippen LogP contribution >= 0.6 is 23.4 Å². The van der Waals surface area contributed by atoms with Gasteiger partial charge in [0.2, 0.25) is 5.91 Å². The fourth-order valence-electron chi connectivity index (χ4n) is 1.92. The van der Waals surface area contributed by atoms with E-state index in [1.54, 1.807) is 24.0 Å². The van der Waals surface area contributed by atoms with Crippen LogP contribution in [0.2, 0.25) is 5.02 Å². The Morgan fingerprint density at radius 1 is 1.50 bits per heavy atom. The van der Waals surface area contributed by atoms with Crippen LogP contribution in [0, 0.1) is 0 Å². The summed E-state index contributed by atoms with van der Waals surface area (Å²) in [4.78, 5) is 15.8. The SMILES string of the molecule is Cn1ccnc1[C@@H](O)CNC(=O)CSCc1ccccc1Cl. The number of hydrogen-bond donors (Lipinski definition) is 2.